The van der Waals surface area contributed by atoms with Crippen molar-refractivity contribution in [2.75, 3.05) is 20.3 Å². The first-order valence-electron chi connectivity index (χ1n) is 6.83. The van der Waals surface area contributed by atoms with E-state index in [0.29, 0.717) is 31.5 Å². The van der Waals surface area contributed by atoms with Gasteiger partial charge < -0.3 is 14.8 Å². The van der Waals surface area contributed by atoms with Crippen LogP contribution in [0.15, 0.2) is 18.2 Å². The van der Waals surface area contributed by atoms with Gasteiger partial charge >= 0.3 is 0 Å². The summed E-state index contributed by atoms with van der Waals surface area (Å²) < 4.78 is 10.7. The summed E-state index contributed by atoms with van der Waals surface area (Å²) in [6, 6.07) is 5.29. The standard InChI is InChI=1S/C14H20N2O4/c1-19-7-2-8-20-14-6-5-13(16(17)18)9-11(14)10-15-12-3-4-12/h5-6,9,12,15H,2-4,7-8,10H2,1H3. The lowest BCUT2D eigenvalue weighted by Crippen LogP contribution is -2.16. The third kappa shape index (κ3) is 4.47. The lowest BCUT2D eigenvalue weighted by atomic mass is 10.1. The van der Waals surface area contributed by atoms with Gasteiger partial charge in [0.05, 0.1) is 11.5 Å². The maximum atomic E-state index is 10.8. The highest BCUT2D eigenvalue weighted by molar-refractivity contribution is 5.43. The van der Waals surface area contributed by atoms with Gasteiger partial charge in [0.15, 0.2) is 0 Å². The fourth-order valence-electron chi connectivity index (χ4n) is 1.89. The third-order valence-electron chi connectivity index (χ3n) is 3.16. The average Bonchev–Trinajstić information content (AvgIpc) is 3.26. The smallest absolute Gasteiger partial charge is 0.270 e. The van der Waals surface area contributed by atoms with Crippen LogP contribution in [0.3, 0.4) is 0 Å². The summed E-state index contributed by atoms with van der Waals surface area (Å²) in [5, 5.41) is 14.2. The zero-order valence-electron chi connectivity index (χ0n) is 11.6. The fourth-order valence-corrected chi connectivity index (χ4v) is 1.89. The number of hydrogen-bond acceptors (Lipinski definition) is 5. The van der Waals surface area contributed by atoms with E-state index >= 15 is 0 Å². The van der Waals surface area contributed by atoms with E-state index < -0.39 is 0 Å². The Morgan fingerprint density at radius 1 is 1.40 bits per heavy atom. The van der Waals surface area contributed by atoms with Crippen LogP contribution in [0, 0.1) is 10.1 Å². The van der Waals surface area contributed by atoms with Gasteiger partial charge in [0.25, 0.3) is 5.69 Å². The summed E-state index contributed by atoms with van der Waals surface area (Å²) in [5.74, 6) is 0.708. The molecule has 0 spiro atoms. The van der Waals surface area contributed by atoms with E-state index in [2.05, 4.69) is 5.32 Å². The summed E-state index contributed by atoms with van der Waals surface area (Å²) in [6.45, 7) is 1.79. The molecule has 0 aromatic heterocycles. The van der Waals surface area contributed by atoms with Crippen molar-refractivity contribution in [1.29, 1.82) is 0 Å². The highest BCUT2D eigenvalue weighted by Crippen LogP contribution is 2.26. The predicted molar refractivity (Wildman–Crippen MR) is 74.9 cm³/mol. The Balaban J connectivity index is 2.00. The molecule has 0 aliphatic heterocycles. The van der Waals surface area contributed by atoms with Crippen LogP contribution in [0.4, 0.5) is 5.69 Å². The summed E-state index contributed by atoms with van der Waals surface area (Å²) >= 11 is 0. The lowest BCUT2D eigenvalue weighted by Gasteiger charge is -2.12. The molecular formula is C14H20N2O4. The molecule has 0 atom stereocenters. The molecule has 0 heterocycles. The first-order valence-corrected chi connectivity index (χ1v) is 6.83. The lowest BCUT2D eigenvalue weighted by molar-refractivity contribution is -0.384. The predicted octanol–water partition coefficient (Wildman–Crippen LogP) is 2.26. The Labute approximate surface area is 118 Å². The molecule has 0 saturated heterocycles. The zero-order chi connectivity index (χ0) is 14.4. The van der Waals surface area contributed by atoms with Crippen molar-refractivity contribution in [3.8, 4) is 5.75 Å². The molecule has 1 aromatic rings. The van der Waals surface area contributed by atoms with Gasteiger partial charge in [-0.1, -0.05) is 0 Å². The normalized spacial score (nSPS) is 14.2. The van der Waals surface area contributed by atoms with Crippen molar-refractivity contribution < 1.29 is 14.4 Å². The van der Waals surface area contributed by atoms with Crippen molar-refractivity contribution in [3.05, 3.63) is 33.9 Å². The summed E-state index contributed by atoms with van der Waals surface area (Å²) in [7, 11) is 1.65. The number of nitrogens with zero attached hydrogens (tertiary/aromatic N) is 1. The van der Waals surface area contributed by atoms with E-state index in [9.17, 15) is 10.1 Å². The van der Waals surface area contributed by atoms with E-state index in [1.54, 1.807) is 19.2 Å². The van der Waals surface area contributed by atoms with Gasteiger partial charge in [-0.05, 0) is 18.9 Å². The average molecular weight is 280 g/mol. The Hall–Kier alpha value is -1.66. The molecule has 1 N–H and O–H groups in total. The van der Waals surface area contributed by atoms with Crippen molar-refractivity contribution in [1.82, 2.24) is 5.32 Å². The summed E-state index contributed by atoms with van der Waals surface area (Å²) in [4.78, 5) is 10.5. The van der Waals surface area contributed by atoms with Gasteiger partial charge in [-0.15, -0.1) is 0 Å². The molecule has 1 aliphatic rings. The first-order chi connectivity index (χ1) is 9.70. The summed E-state index contributed by atoms with van der Waals surface area (Å²) in [5.41, 5.74) is 0.936. The van der Waals surface area contributed by atoms with Crippen LogP contribution >= 0.6 is 0 Å². The Bertz CT molecular complexity index is 460. The molecule has 2 rings (SSSR count). The molecule has 1 saturated carbocycles. The molecule has 6 heteroatoms. The van der Waals surface area contributed by atoms with Crippen LogP contribution < -0.4 is 10.1 Å². The van der Waals surface area contributed by atoms with Gasteiger partial charge in [0, 0.05) is 50.4 Å². The van der Waals surface area contributed by atoms with E-state index in [0.717, 1.165) is 12.0 Å². The summed E-state index contributed by atoms with van der Waals surface area (Å²) in [6.07, 6.45) is 3.15. The molecule has 1 aromatic carbocycles. The molecule has 110 valence electrons. The Morgan fingerprint density at radius 3 is 2.85 bits per heavy atom. The van der Waals surface area contributed by atoms with Gasteiger partial charge in [-0.25, -0.2) is 0 Å². The van der Waals surface area contributed by atoms with Crippen LogP contribution in [-0.2, 0) is 11.3 Å². The zero-order valence-corrected chi connectivity index (χ0v) is 11.6. The minimum Gasteiger partial charge on any atom is -0.493 e. The van der Waals surface area contributed by atoms with E-state index in [-0.39, 0.29) is 10.6 Å². The molecule has 20 heavy (non-hydrogen) atoms. The van der Waals surface area contributed by atoms with E-state index in [4.69, 9.17) is 9.47 Å². The van der Waals surface area contributed by atoms with Crippen LogP contribution in [-0.4, -0.2) is 31.3 Å². The molecule has 1 fully saturated rings. The monoisotopic (exact) mass is 280 g/mol. The first kappa shape index (κ1) is 14.7. The van der Waals surface area contributed by atoms with Crippen molar-refractivity contribution in [2.24, 2.45) is 0 Å². The molecule has 0 amide bonds. The molecular weight excluding hydrogens is 260 g/mol. The highest BCUT2D eigenvalue weighted by Gasteiger charge is 2.21. The maximum absolute atomic E-state index is 10.8. The quantitative estimate of drug-likeness (QED) is 0.426. The minimum absolute atomic E-state index is 0.0989. The molecule has 0 bridgehead atoms. The number of benzene rings is 1. The Kier molecular flexibility index (Phi) is 5.31. The third-order valence-corrected chi connectivity index (χ3v) is 3.16. The number of nitro benzene ring substituents is 1. The van der Waals surface area contributed by atoms with Gasteiger partial charge in [0.2, 0.25) is 0 Å². The molecule has 1 aliphatic carbocycles. The second-order valence-corrected chi connectivity index (χ2v) is 4.90. The number of hydrogen-bond donors (Lipinski definition) is 1. The molecule has 0 unspecified atom stereocenters. The topological polar surface area (TPSA) is 73.6 Å². The van der Waals surface area contributed by atoms with Gasteiger partial charge in [-0.2, -0.15) is 0 Å². The van der Waals surface area contributed by atoms with Crippen LogP contribution in [0.25, 0.3) is 0 Å². The highest BCUT2D eigenvalue weighted by atomic mass is 16.6. The number of methoxy groups -OCH3 is 1. The van der Waals surface area contributed by atoms with Crippen molar-refractivity contribution in [3.63, 3.8) is 0 Å². The largest absolute Gasteiger partial charge is 0.493 e. The minimum atomic E-state index is -0.380. The number of non-ortho nitro benzene ring substituents is 1. The fraction of sp³-hybridized carbons (Fsp3) is 0.571. The van der Waals surface area contributed by atoms with Crippen LogP contribution in [0.1, 0.15) is 24.8 Å². The SMILES string of the molecule is COCCCOc1ccc([N+](=O)[O-])cc1CNC1CC1. The Morgan fingerprint density at radius 2 is 2.20 bits per heavy atom. The van der Waals surface area contributed by atoms with Gasteiger partial charge in [0.1, 0.15) is 5.75 Å². The molecule has 6 nitrogen and oxygen atoms in total. The van der Waals surface area contributed by atoms with Crippen LogP contribution in [0.5, 0.6) is 5.75 Å². The van der Waals surface area contributed by atoms with E-state index in [1.807, 2.05) is 0 Å². The van der Waals surface area contributed by atoms with Crippen molar-refractivity contribution in [2.45, 2.75) is 31.8 Å². The number of nitrogens with one attached hydrogen (secondary N) is 1. The number of nitro groups is 1. The molecule has 0 radical (unpaired) electrons. The van der Waals surface area contributed by atoms with E-state index in [1.165, 1.54) is 18.9 Å². The van der Waals surface area contributed by atoms with Crippen molar-refractivity contribution >= 4 is 5.69 Å². The van der Waals surface area contributed by atoms with Gasteiger partial charge in [-0.3, -0.25) is 10.1 Å². The second-order valence-electron chi connectivity index (χ2n) is 4.90. The maximum Gasteiger partial charge on any atom is 0.270 e. The second kappa shape index (κ2) is 7.21. The van der Waals surface area contributed by atoms with Crippen LogP contribution in [0.2, 0.25) is 0 Å². The number of ether oxygens (including phenoxy) is 2. The number of rotatable bonds is 9.